The molecule has 0 aromatic heterocycles. The van der Waals surface area contributed by atoms with E-state index in [-0.39, 0.29) is 0 Å². The molecule has 2 heteroatoms. The van der Waals surface area contributed by atoms with E-state index in [1.807, 2.05) is 0 Å². The van der Waals surface area contributed by atoms with Gasteiger partial charge in [-0.25, -0.2) is 0 Å². The minimum absolute atomic E-state index is 0.367. The van der Waals surface area contributed by atoms with Crippen LogP contribution in [0.25, 0.3) is 6.08 Å². The van der Waals surface area contributed by atoms with Gasteiger partial charge in [0, 0.05) is 18.2 Å². The summed E-state index contributed by atoms with van der Waals surface area (Å²) in [6.07, 6.45) is 6.42. The van der Waals surface area contributed by atoms with E-state index in [9.17, 15) is 4.79 Å². The Hall–Kier alpha value is -0.890. The van der Waals surface area contributed by atoms with Gasteiger partial charge in [0.2, 0.25) is 0 Å². The van der Waals surface area contributed by atoms with Crippen molar-refractivity contribution in [3.8, 4) is 0 Å². The molecule has 0 saturated heterocycles. The summed E-state index contributed by atoms with van der Waals surface area (Å²) in [5.41, 5.74) is 3.77. The van der Waals surface area contributed by atoms with Gasteiger partial charge in [-0.2, -0.15) is 0 Å². The van der Waals surface area contributed by atoms with Gasteiger partial charge in [-0.1, -0.05) is 46.3 Å². The van der Waals surface area contributed by atoms with Gasteiger partial charge in [0.25, 0.3) is 0 Å². The standard InChI is InChI=1S/C13H13BrO/c14-7-1-2-10-3-4-12-9-13(15)6-5-11(12)8-10/h1-4,8H,5-7,9H2. The number of halogens is 1. The molecule has 0 N–H and O–H groups in total. The Bertz CT molecular complexity index is 407. The number of carbonyl (C=O) groups is 1. The molecule has 1 nitrogen and oxygen atoms in total. The van der Waals surface area contributed by atoms with Gasteiger partial charge in [-0.3, -0.25) is 4.79 Å². The normalized spacial score (nSPS) is 15.7. The fourth-order valence-corrected chi connectivity index (χ4v) is 2.10. The number of Topliss-reactive ketones (excluding diaryl/α,β-unsaturated/α-hetero) is 1. The van der Waals surface area contributed by atoms with Crippen LogP contribution in [0.2, 0.25) is 0 Å². The number of hydrogen-bond acceptors (Lipinski definition) is 1. The molecule has 0 spiro atoms. The van der Waals surface area contributed by atoms with Crippen molar-refractivity contribution >= 4 is 27.8 Å². The van der Waals surface area contributed by atoms with Crippen LogP contribution in [0, 0.1) is 0 Å². The second-order valence-corrected chi connectivity index (χ2v) is 4.45. The molecule has 1 aliphatic carbocycles. The molecular weight excluding hydrogens is 252 g/mol. The van der Waals surface area contributed by atoms with Gasteiger partial charge >= 0.3 is 0 Å². The highest BCUT2D eigenvalue weighted by Gasteiger charge is 2.14. The van der Waals surface area contributed by atoms with E-state index in [0.29, 0.717) is 18.6 Å². The van der Waals surface area contributed by atoms with Crippen LogP contribution in [0.4, 0.5) is 0 Å². The highest BCUT2D eigenvalue weighted by atomic mass is 79.9. The summed E-state index contributed by atoms with van der Waals surface area (Å²) in [7, 11) is 0. The number of ketones is 1. The molecule has 0 aliphatic heterocycles. The van der Waals surface area contributed by atoms with E-state index >= 15 is 0 Å². The number of benzene rings is 1. The first-order valence-corrected chi connectivity index (χ1v) is 6.28. The number of alkyl halides is 1. The van der Waals surface area contributed by atoms with Gasteiger partial charge in [0.05, 0.1) is 0 Å². The Labute approximate surface area is 98.3 Å². The fraction of sp³-hybridized carbons (Fsp3) is 0.308. The molecule has 0 fully saturated rings. The van der Waals surface area contributed by atoms with Crippen molar-refractivity contribution < 1.29 is 4.79 Å². The molecule has 78 valence electrons. The van der Waals surface area contributed by atoms with E-state index in [1.54, 1.807) is 0 Å². The lowest BCUT2D eigenvalue weighted by molar-refractivity contribution is -0.118. The van der Waals surface area contributed by atoms with E-state index in [2.05, 4.69) is 46.3 Å². The third-order valence-electron chi connectivity index (χ3n) is 2.69. The minimum atomic E-state index is 0.367. The van der Waals surface area contributed by atoms with E-state index in [4.69, 9.17) is 0 Å². The minimum Gasteiger partial charge on any atom is -0.299 e. The summed E-state index contributed by atoms with van der Waals surface area (Å²) in [5.74, 6) is 0.367. The Morgan fingerprint density at radius 1 is 1.27 bits per heavy atom. The highest BCUT2D eigenvalue weighted by Crippen LogP contribution is 2.21. The summed E-state index contributed by atoms with van der Waals surface area (Å²) < 4.78 is 0. The molecular formula is C13H13BrO. The van der Waals surface area contributed by atoms with Crippen molar-refractivity contribution in [3.05, 3.63) is 41.0 Å². The van der Waals surface area contributed by atoms with Crippen LogP contribution in [0.1, 0.15) is 23.1 Å². The average Bonchev–Trinajstić information content (AvgIpc) is 2.26. The van der Waals surface area contributed by atoms with Crippen molar-refractivity contribution in [2.45, 2.75) is 19.3 Å². The smallest absolute Gasteiger partial charge is 0.137 e. The fourth-order valence-electron chi connectivity index (χ4n) is 1.91. The van der Waals surface area contributed by atoms with Gasteiger partial charge in [0.15, 0.2) is 0 Å². The van der Waals surface area contributed by atoms with E-state index in [1.165, 1.54) is 16.7 Å². The second-order valence-electron chi connectivity index (χ2n) is 3.80. The van der Waals surface area contributed by atoms with Crippen LogP contribution < -0.4 is 0 Å². The predicted molar refractivity (Wildman–Crippen MR) is 66.3 cm³/mol. The molecule has 15 heavy (non-hydrogen) atoms. The highest BCUT2D eigenvalue weighted by molar-refractivity contribution is 9.09. The molecule has 0 bridgehead atoms. The molecule has 0 atom stereocenters. The van der Waals surface area contributed by atoms with Crippen molar-refractivity contribution in [2.24, 2.45) is 0 Å². The summed E-state index contributed by atoms with van der Waals surface area (Å²) in [6, 6.07) is 6.36. The summed E-state index contributed by atoms with van der Waals surface area (Å²) >= 11 is 3.36. The van der Waals surface area contributed by atoms with Crippen LogP contribution in [-0.4, -0.2) is 11.1 Å². The van der Waals surface area contributed by atoms with Crippen LogP contribution in [0.5, 0.6) is 0 Å². The number of aryl methyl sites for hydroxylation is 1. The first-order valence-electron chi connectivity index (χ1n) is 5.15. The zero-order valence-electron chi connectivity index (χ0n) is 8.50. The number of fused-ring (bicyclic) bond motifs is 1. The molecule has 1 aliphatic rings. The Morgan fingerprint density at radius 3 is 2.93 bits per heavy atom. The van der Waals surface area contributed by atoms with E-state index < -0.39 is 0 Å². The number of carbonyl (C=O) groups excluding carboxylic acids is 1. The molecule has 1 aromatic carbocycles. The van der Waals surface area contributed by atoms with Gasteiger partial charge < -0.3 is 0 Å². The predicted octanol–water partition coefficient (Wildman–Crippen LogP) is 3.15. The molecule has 1 aromatic rings. The number of hydrogen-bond donors (Lipinski definition) is 0. The second kappa shape index (κ2) is 4.75. The largest absolute Gasteiger partial charge is 0.299 e. The van der Waals surface area contributed by atoms with Crippen LogP contribution in [-0.2, 0) is 17.6 Å². The average molecular weight is 265 g/mol. The lowest BCUT2D eigenvalue weighted by Gasteiger charge is -2.14. The molecule has 0 radical (unpaired) electrons. The Kier molecular flexibility index (Phi) is 3.37. The van der Waals surface area contributed by atoms with Gasteiger partial charge in [-0.15, -0.1) is 0 Å². The zero-order valence-corrected chi connectivity index (χ0v) is 10.1. The first-order chi connectivity index (χ1) is 7.29. The molecule has 0 amide bonds. The molecule has 2 rings (SSSR count). The molecule has 0 unspecified atom stereocenters. The molecule has 0 heterocycles. The van der Waals surface area contributed by atoms with Crippen LogP contribution >= 0.6 is 15.9 Å². The van der Waals surface area contributed by atoms with Crippen LogP contribution in [0.15, 0.2) is 24.3 Å². The van der Waals surface area contributed by atoms with Gasteiger partial charge in [0.1, 0.15) is 5.78 Å². The monoisotopic (exact) mass is 264 g/mol. The summed E-state index contributed by atoms with van der Waals surface area (Å²) in [4.78, 5) is 11.3. The number of allylic oxidation sites excluding steroid dienone is 1. The maximum atomic E-state index is 11.3. The molecule has 0 saturated carbocycles. The topological polar surface area (TPSA) is 17.1 Å². The Balaban J connectivity index is 2.26. The number of rotatable bonds is 2. The third kappa shape index (κ3) is 2.57. The van der Waals surface area contributed by atoms with Crippen molar-refractivity contribution in [1.82, 2.24) is 0 Å². The maximum Gasteiger partial charge on any atom is 0.137 e. The summed E-state index contributed by atoms with van der Waals surface area (Å²) in [6.45, 7) is 0. The van der Waals surface area contributed by atoms with Crippen LogP contribution in [0.3, 0.4) is 0 Å². The third-order valence-corrected chi connectivity index (χ3v) is 3.06. The first kappa shape index (κ1) is 10.6. The lowest BCUT2D eigenvalue weighted by Crippen LogP contribution is -2.13. The lowest BCUT2D eigenvalue weighted by atomic mass is 9.89. The zero-order chi connectivity index (χ0) is 10.7. The van der Waals surface area contributed by atoms with Crippen molar-refractivity contribution in [2.75, 3.05) is 5.33 Å². The summed E-state index contributed by atoms with van der Waals surface area (Å²) in [5, 5.41) is 0.878. The van der Waals surface area contributed by atoms with Crippen molar-refractivity contribution in [3.63, 3.8) is 0 Å². The van der Waals surface area contributed by atoms with Crippen molar-refractivity contribution in [1.29, 1.82) is 0 Å². The maximum absolute atomic E-state index is 11.3. The van der Waals surface area contributed by atoms with Gasteiger partial charge in [-0.05, 0) is 23.1 Å². The van der Waals surface area contributed by atoms with E-state index in [0.717, 1.165) is 11.8 Å². The SMILES string of the molecule is O=C1CCc2cc(C=CCBr)ccc2C1. The Morgan fingerprint density at radius 2 is 2.13 bits per heavy atom. The quantitative estimate of drug-likeness (QED) is 0.751.